The highest BCUT2D eigenvalue weighted by molar-refractivity contribution is 6.25. The number of nitrogens with zero attached hydrogens (tertiary/aromatic N) is 1. The van der Waals surface area contributed by atoms with Crippen LogP contribution in [-0.4, -0.2) is 34.6 Å². The summed E-state index contributed by atoms with van der Waals surface area (Å²) in [5.74, 6) is -4.73. The van der Waals surface area contributed by atoms with E-state index in [1.807, 2.05) is 0 Å². The van der Waals surface area contributed by atoms with Crippen LogP contribution in [0.3, 0.4) is 0 Å². The van der Waals surface area contributed by atoms with Crippen molar-refractivity contribution in [2.24, 2.45) is 0 Å². The van der Waals surface area contributed by atoms with Crippen LogP contribution in [0.15, 0.2) is 18.2 Å². The van der Waals surface area contributed by atoms with E-state index >= 15 is 0 Å². The summed E-state index contributed by atoms with van der Waals surface area (Å²) in [6.07, 6.45) is -6.24. The van der Waals surface area contributed by atoms with E-state index < -0.39 is 42.4 Å². The van der Waals surface area contributed by atoms with Crippen LogP contribution in [0.4, 0.5) is 5.69 Å². The molecule has 2 aliphatic rings. The summed E-state index contributed by atoms with van der Waals surface area (Å²) < 4.78 is 31.0. The molecule has 4 amide bonds. The average Bonchev–Trinajstić information content (AvgIpc) is 2.72. The molecule has 2 heterocycles. The summed E-state index contributed by atoms with van der Waals surface area (Å²) in [6.45, 7) is 0. The maximum absolute atomic E-state index is 12.5. The van der Waals surface area contributed by atoms with Gasteiger partial charge in [-0.05, 0) is 18.5 Å². The van der Waals surface area contributed by atoms with Gasteiger partial charge >= 0.3 is 0 Å². The summed E-state index contributed by atoms with van der Waals surface area (Å²) in [5, 5.41) is 1.66. The minimum atomic E-state index is -3.12. The van der Waals surface area contributed by atoms with E-state index in [0.717, 1.165) is 0 Å². The van der Waals surface area contributed by atoms with Gasteiger partial charge in [-0.2, -0.15) is 0 Å². The highest BCUT2D eigenvalue weighted by atomic mass is 16.2. The predicted molar refractivity (Wildman–Crippen MR) is 67.5 cm³/mol. The van der Waals surface area contributed by atoms with Gasteiger partial charge in [0.2, 0.25) is 11.8 Å². The number of piperidine rings is 1. The Morgan fingerprint density at radius 2 is 2.00 bits per heavy atom. The zero-order chi connectivity index (χ0) is 18.0. The zero-order valence-electron chi connectivity index (χ0n) is 14.0. The van der Waals surface area contributed by atoms with Gasteiger partial charge in [-0.25, -0.2) is 0 Å². The number of benzene rings is 1. The Balaban J connectivity index is 2.14. The SMILES string of the molecule is [2H]C1([2H])C(=O)NC(=O)C(N2C(=O)c3cccc(N)c3C2=O)C1([2H])[2H]. The van der Waals surface area contributed by atoms with Gasteiger partial charge in [0.05, 0.1) is 11.1 Å². The third kappa shape index (κ3) is 1.59. The Labute approximate surface area is 119 Å². The molecule has 0 aromatic heterocycles. The van der Waals surface area contributed by atoms with Gasteiger partial charge in [0.15, 0.2) is 0 Å². The molecule has 1 unspecified atom stereocenters. The number of hydrogen-bond acceptors (Lipinski definition) is 5. The molecule has 20 heavy (non-hydrogen) atoms. The van der Waals surface area contributed by atoms with Gasteiger partial charge in [-0.3, -0.25) is 29.4 Å². The number of imide groups is 2. The molecule has 1 atom stereocenters. The van der Waals surface area contributed by atoms with Gasteiger partial charge in [-0.15, -0.1) is 0 Å². The Kier molecular flexibility index (Phi) is 1.76. The number of fused-ring (bicyclic) bond motifs is 1. The summed E-state index contributed by atoms with van der Waals surface area (Å²) >= 11 is 0. The molecule has 7 heteroatoms. The van der Waals surface area contributed by atoms with Crippen molar-refractivity contribution in [3.63, 3.8) is 0 Å². The third-order valence-corrected chi connectivity index (χ3v) is 3.04. The second-order valence-electron chi connectivity index (χ2n) is 4.24. The second-order valence-corrected chi connectivity index (χ2v) is 4.24. The van der Waals surface area contributed by atoms with Crippen LogP contribution >= 0.6 is 0 Å². The molecular weight excluding hydrogens is 262 g/mol. The minimum Gasteiger partial charge on any atom is -0.398 e. The Morgan fingerprint density at radius 3 is 2.70 bits per heavy atom. The number of hydrogen-bond donors (Lipinski definition) is 2. The normalized spacial score (nSPS) is 30.0. The summed E-state index contributed by atoms with van der Waals surface area (Å²) in [5.41, 5.74) is 5.36. The van der Waals surface area contributed by atoms with Gasteiger partial charge in [0.25, 0.3) is 11.8 Å². The lowest BCUT2D eigenvalue weighted by Crippen LogP contribution is -2.54. The van der Waals surface area contributed by atoms with E-state index in [-0.39, 0.29) is 16.8 Å². The Bertz CT molecular complexity index is 823. The van der Waals surface area contributed by atoms with Gasteiger partial charge < -0.3 is 5.73 Å². The second kappa shape index (κ2) is 4.16. The van der Waals surface area contributed by atoms with Crippen molar-refractivity contribution in [3.8, 4) is 0 Å². The molecular formula is C13H11N3O4. The van der Waals surface area contributed by atoms with Crippen LogP contribution in [-0.2, 0) is 9.59 Å². The largest absolute Gasteiger partial charge is 0.398 e. The number of amides is 4. The number of nitrogens with one attached hydrogen (secondary N) is 1. The molecule has 0 spiro atoms. The molecule has 1 aromatic rings. The number of nitrogens with two attached hydrogens (primary N) is 1. The summed E-state index contributed by atoms with van der Waals surface area (Å²) in [6, 6.07) is 1.94. The van der Waals surface area contributed by atoms with Crippen molar-refractivity contribution in [3.05, 3.63) is 29.3 Å². The lowest BCUT2D eigenvalue weighted by molar-refractivity contribution is -0.136. The van der Waals surface area contributed by atoms with Crippen molar-refractivity contribution >= 4 is 29.3 Å². The fourth-order valence-corrected chi connectivity index (χ4v) is 2.16. The highest BCUT2D eigenvalue weighted by Crippen LogP contribution is 2.30. The predicted octanol–water partition coefficient (Wildman–Crippen LogP) is -0.330. The van der Waals surface area contributed by atoms with Crippen LogP contribution in [0.2, 0.25) is 0 Å². The summed E-state index contributed by atoms with van der Waals surface area (Å²) in [4.78, 5) is 49.0. The van der Waals surface area contributed by atoms with Crippen molar-refractivity contribution < 1.29 is 24.7 Å². The molecule has 2 aliphatic heterocycles. The Hall–Kier alpha value is -2.70. The number of nitrogen functional groups attached to an aromatic ring is 1. The number of anilines is 1. The van der Waals surface area contributed by atoms with Gasteiger partial charge in [0.1, 0.15) is 6.04 Å². The van der Waals surface area contributed by atoms with Gasteiger partial charge in [-0.1, -0.05) is 6.07 Å². The quantitative estimate of drug-likeness (QED) is 0.539. The molecule has 0 saturated carbocycles. The van der Waals surface area contributed by atoms with Crippen LogP contribution in [0.25, 0.3) is 0 Å². The fourth-order valence-electron chi connectivity index (χ4n) is 2.16. The van der Waals surface area contributed by atoms with Crippen LogP contribution in [0.5, 0.6) is 0 Å². The lowest BCUT2D eigenvalue weighted by atomic mass is 10.0. The topological polar surface area (TPSA) is 110 Å². The van der Waals surface area contributed by atoms with Gasteiger partial charge in [0, 0.05) is 17.5 Å². The Morgan fingerprint density at radius 1 is 1.25 bits per heavy atom. The van der Waals surface area contributed by atoms with E-state index in [9.17, 15) is 19.2 Å². The molecule has 102 valence electrons. The minimum absolute atomic E-state index is 0.0239. The van der Waals surface area contributed by atoms with E-state index in [1.165, 1.54) is 18.2 Å². The zero-order valence-corrected chi connectivity index (χ0v) is 9.97. The maximum atomic E-state index is 12.5. The lowest BCUT2D eigenvalue weighted by Gasteiger charge is -2.27. The van der Waals surface area contributed by atoms with E-state index in [4.69, 9.17) is 11.2 Å². The average molecular weight is 277 g/mol. The molecule has 3 N–H and O–H groups in total. The van der Waals surface area contributed by atoms with E-state index in [1.54, 1.807) is 5.32 Å². The first-order valence-electron chi connectivity index (χ1n) is 7.63. The molecule has 1 saturated heterocycles. The first kappa shape index (κ1) is 8.47. The van der Waals surface area contributed by atoms with Crippen LogP contribution < -0.4 is 11.1 Å². The van der Waals surface area contributed by atoms with Crippen LogP contribution in [0.1, 0.15) is 38.9 Å². The standard InChI is InChI=1S/C13H11N3O4/c14-7-3-1-2-6-10(7)13(20)16(12(6)19)8-4-5-9(17)15-11(8)18/h1-3,8H,4-5,14H2,(H,15,17,18)/i4D2,5D2. The van der Waals surface area contributed by atoms with Crippen molar-refractivity contribution in [1.82, 2.24) is 10.2 Å². The molecule has 0 bridgehead atoms. The molecule has 1 fully saturated rings. The van der Waals surface area contributed by atoms with Crippen LogP contribution in [0, 0.1) is 0 Å². The molecule has 3 rings (SSSR count). The van der Waals surface area contributed by atoms with E-state index in [2.05, 4.69) is 0 Å². The number of carbonyl (C=O) groups excluding carboxylic acids is 4. The molecule has 1 aromatic carbocycles. The smallest absolute Gasteiger partial charge is 0.264 e. The fraction of sp³-hybridized carbons (Fsp3) is 0.231. The first-order valence-corrected chi connectivity index (χ1v) is 5.63. The molecule has 0 aliphatic carbocycles. The molecule has 7 nitrogen and oxygen atoms in total. The molecule has 0 radical (unpaired) electrons. The van der Waals surface area contributed by atoms with E-state index in [0.29, 0.717) is 4.90 Å². The summed E-state index contributed by atoms with van der Waals surface area (Å²) in [7, 11) is 0. The number of rotatable bonds is 1. The van der Waals surface area contributed by atoms with Crippen molar-refractivity contribution in [2.75, 3.05) is 5.73 Å². The number of carbonyl (C=O) groups is 4. The van der Waals surface area contributed by atoms with Crippen molar-refractivity contribution in [2.45, 2.75) is 18.8 Å². The monoisotopic (exact) mass is 277 g/mol. The third-order valence-electron chi connectivity index (χ3n) is 3.04. The highest BCUT2D eigenvalue weighted by Gasteiger charge is 2.45. The maximum Gasteiger partial charge on any atom is 0.264 e. The van der Waals surface area contributed by atoms with Crippen molar-refractivity contribution in [1.29, 1.82) is 0 Å². The first-order chi connectivity index (χ1) is 11.0.